The first-order valence-corrected chi connectivity index (χ1v) is 5.31. The van der Waals surface area contributed by atoms with Gasteiger partial charge in [0.2, 0.25) is 0 Å². The van der Waals surface area contributed by atoms with Crippen molar-refractivity contribution in [3.05, 3.63) is 11.1 Å². The first kappa shape index (κ1) is 8.94. The molecule has 72 valence electrons. The van der Waals surface area contributed by atoms with Crippen LogP contribution in [-0.4, -0.2) is 14.8 Å². The molecule has 1 fully saturated rings. The van der Waals surface area contributed by atoms with Gasteiger partial charge in [0.25, 0.3) is 0 Å². The molecule has 1 aliphatic rings. The van der Waals surface area contributed by atoms with Crippen LogP contribution < -0.4 is 0 Å². The molecular formula is C9H15N3S. The molecule has 0 aromatic carbocycles. The topological polar surface area (TPSA) is 33.6 Å². The lowest BCUT2D eigenvalue weighted by molar-refractivity contribution is 0.357. The molecule has 13 heavy (non-hydrogen) atoms. The lowest BCUT2D eigenvalue weighted by Crippen LogP contribution is -2.13. The zero-order chi connectivity index (χ0) is 9.26. The van der Waals surface area contributed by atoms with Gasteiger partial charge in [-0.15, -0.1) is 0 Å². The van der Waals surface area contributed by atoms with E-state index in [0.29, 0.717) is 6.04 Å². The van der Waals surface area contributed by atoms with E-state index in [2.05, 4.69) is 21.7 Å². The van der Waals surface area contributed by atoms with Crippen LogP contribution in [0.4, 0.5) is 0 Å². The van der Waals surface area contributed by atoms with Crippen molar-refractivity contribution in [1.82, 2.24) is 14.8 Å². The van der Waals surface area contributed by atoms with Gasteiger partial charge in [-0.3, -0.25) is 5.10 Å². The van der Waals surface area contributed by atoms with E-state index < -0.39 is 0 Å². The zero-order valence-electron chi connectivity index (χ0n) is 7.86. The number of nitrogens with one attached hydrogen (secondary N) is 1. The van der Waals surface area contributed by atoms with E-state index in [-0.39, 0.29) is 0 Å². The molecule has 4 heteroatoms. The largest absolute Gasteiger partial charge is 0.304 e. The molecule has 1 aromatic rings. The highest BCUT2D eigenvalue weighted by Gasteiger charge is 2.22. The van der Waals surface area contributed by atoms with Crippen molar-refractivity contribution in [2.75, 3.05) is 0 Å². The molecule has 1 saturated carbocycles. The molecule has 0 amide bonds. The summed E-state index contributed by atoms with van der Waals surface area (Å²) in [5.74, 6) is 0.796. The summed E-state index contributed by atoms with van der Waals surface area (Å²) in [6, 6.07) is 0.508. The third-order valence-electron chi connectivity index (χ3n) is 3.10. The second-order valence-corrected chi connectivity index (χ2v) is 4.24. The Morgan fingerprint density at radius 1 is 1.62 bits per heavy atom. The second-order valence-electron chi connectivity index (χ2n) is 3.85. The smallest absolute Gasteiger partial charge is 0.195 e. The molecule has 1 aliphatic carbocycles. The molecule has 1 aromatic heterocycles. The Bertz CT molecular complexity index is 322. The first-order chi connectivity index (χ1) is 6.29. The number of rotatable bonds is 2. The average molecular weight is 197 g/mol. The third kappa shape index (κ3) is 1.68. The predicted octanol–water partition coefficient (Wildman–Crippen LogP) is 2.69. The SMILES string of the molecule is CC(C1CCCC1)n1cn[nH]c1=S. The van der Waals surface area contributed by atoms with Crippen LogP contribution in [-0.2, 0) is 0 Å². The van der Waals surface area contributed by atoms with Gasteiger partial charge in [0.05, 0.1) is 0 Å². The van der Waals surface area contributed by atoms with Crippen LogP contribution in [0.2, 0.25) is 0 Å². The Morgan fingerprint density at radius 2 is 2.31 bits per heavy atom. The maximum Gasteiger partial charge on any atom is 0.195 e. The minimum atomic E-state index is 0.508. The van der Waals surface area contributed by atoms with E-state index >= 15 is 0 Å². The van der Waals surface area contributed by atoms with Gasteiger partial charge in [0, 0.05) is 6.04 Å². The average Bonchev–Trinajstić information content (AvgIpc) is 2.72. The van der Waals surface area contributed by atoms with Crippen LogP contribution in [0.25, 0.3) is 0 Å². The monoisotopic (exact) mass is 197 g/mol. The third-order valence-corrected chi connectivity index (χ3v) is 3.40. The maximum absolute atomic E-state index is 5.14. The van der Waals surface area contributed by atoms with Crippen LogP contribution in [0.5, 0.6) is 0 Å². The fourth-order valence-corrected chi connectivity index (χ4v) is 2.48. The van der Waals surface area contributed by atoms with E-state index in [1.807, 2.05) is 6.33 Å². The molecule has 0 spiro atoms. The minimum absolute atomic E-state index is 0.508. The van der Waals surface area contributed by atoms with Gasteiger partial charge in [-0.2, -0.15) is 5.10 Å². The van der Waals surface area contributed by atoms with Crippen LogP contribution in [0.15, 0.2) is 6.33 Å². The van der Waals surface area contributed by atoms with Crippen LogP contribution >= 0.6 is 12.2 Å². The second kappa shape index (κ2) is 3.62. The lowest BCUT2D eigenvalue weighted by Gasteiger charge is -2.19. The van der Waals surface area contributed by atoms with E-state index in [1.165, 1.54) is 25.7 Å². The lowest BCUT2D eigenvalue weighted by atomic mass is 10.00. The van der Waals surface area contributed by atoms with Gasteiger partial charge in [-0.25, -0.2) is 0 Å². The van der Waals surface area contributed by atoms with E-state index in [0.717, 1.165) is 10.7 Å². The minimum Gasteiger partial charge on any atom is -0.304 e. The van der Waals surface area contributed by atoms with E-state index in [4.69, 9.17) is 12.2 Å². The summed E-state index contributed by atoms with van der Waals surface area (Å²) in [6.07, 6.45) is 7.24. The number of aromatic amines is 1. The molecule has 2 rings (SSSR count). The highest BCUT2D eigenvalue weighted by Crippen LogP contribution is 2.33. The number of H-pyrrole nitrogens is 1. The van der Waals surface area contributed by atoms with Crippen molar-refractivity contribution < 1.29 is 0 Å². The normalized spacial score (nSPS) is 20.7. The summed E-state index contributed by atoms with van der Waals surface area (Å²) in [6.45, 7) is 2.24. The molecule has 1 atom stereocenters. The Labute approximate surface area is 83.2 Å². The van der Waals surface area contributed by atoms with Crippen molar-refractivity contribution in [2.45, 2.75) is 38.6 Å². The molecule has 0 radical (unpaired) electrons. The van der Waals surface area contributed by atoms with Gasteiger partial charge in [-0.1, -0.05) is 12.8 Å². The van der Waals surface area contributed by atoms with Crippen LogP contribution in [0.3, 0.4) is 0 Å². The Balaban J connectivity index is 2.16. The highest BCUT2D eigenvalue weighted by atomic mass is 32.1. The van der Waals surface area contributed by atoms with Gasteiger partial charge in [0.15, 0.2) is 4.77 Å². The number of aromatic nitrogens is 3. The van der Waals surface area contributed by atoms with Crippen molar-refractivity contribution in [3.8, 4) is 0 Å². The highest BCUT2D eigenvalue weighted by molar-refractivity contribution is 7.71. The number of nitrogens with zero attached hydrogens (tertiary/aromatic N) is 2. The molecule has 0 saturated heterocycles. The summed E-state index contributed by atoms with van der Waals surface area (Å²) in [5, 5.41) is 6.75. The Hall–Kier alpha value is -0.640. The standard InChI is InChI=1S/C9H15N3S/c1-7(8-4-2-3-5-8)12-6-10-11-9(12)13/h6-8H,2-5H2,1H3,(H,11,13). The van der Waals surface area contributed by atoms with Gasteiger partial charge < -0.3 is 4.57 Å². The van der Waals surface area contributed by atoms with Gasteiger partial charge >= 0.3 is 0 Å². The number of hydrogen-bond donors (Lipinski definition) is 1. The van der Waals surface area contributed by atoms with Crippen molar-refractivity contribution in [2.24, 2.45) is 5.92 Å². The molecule has 3 nitrogen and oxygen atoms in total. The zero-order valence-corrected chi connectivity index (χ0v) is 8.68. The fraction of sp³-hybridized carbons (Fsp3) is 0.778. The Kier molecular flexibility index (Phi) is 2.49. The summed E-state index contributed by atoms with van der Waals surface area (Å²) in [7, 11) is 0. The molecule has 0 aliphatic heterocycles. The summed E-state index contributed by atoms with van der Waals surface area (Å²) >= 11 is 5.14. The summed E-state index contributed by atoms with van der Waals surface area (Å²) in [4.78, 5) is 0. The van der Waals surface area contributed by atoms with E-state index in [9.17, 15) is 0 Å². The quantitative estimate of drug-likeness (QED) is 0.739. The van der Waals surface area contributed by atoms with Crippen molar-refractivity contribution >= 4 is 12.2 Å². The molecule has 1 N–H and O–H groups in total. The molecule has 1 unspecified atom stereocenters. The van der Waals surface area contributed by atoms with Crippen LogP contribution in [0.1, 0.15) is 38.6 Å². The fourth-order valence-electron chi connectivity index (χ4n) is 2.21. The number of hydrogen-bond acceptors (Lipinski definition) is 2. The van der Waals surface area contributed by atoms with Gasteiger partial charge in [-0.05, 0) is 37.9 Å². The van der Waals surface area contributed by atoms with Gasteiger partial charge in [0.1, 0.15) is 6.33 Å². The van der Waals surface area contributed by atoms with E-state index in [1.54, 1.807) is 0 Å². The Morgan fingerprint density at radius 3 is 2.85 bits per heavy atom. The van der Waals surface area contributed by atoms with Crippen molar-refractivity contribution in [3.63, 3.8) is 0 Å². The van der Waals surface area contributed by atoms with Crippen LogP contribution in [0, 0.1) is 10.7 Å². The molecule has 0 bridgehead atoms. The first-order valence-electron chi connectivity index (χ1n) is 4.90. The summed E-state index contributed by atoms with van der Waals surface area (Å²) in [5.41, 5.74) is 0. The maximum atomic E-state index is 5.14. The molecular weight excluding hydrogens is 182 g/mol. The summed E-state index contributed by atoms with van der Waals surface area (Å²) < 4.78 is 2.82. The predicted molar refractivity (Wildman–Crippen MR) is 54.1 cm³/mol. The van der Waals surface area contributed by atoms with Crippen molar-refractivity contribution in [1.29, 1.82) is 0 Å². The molecule has 1 heterocycles.